The predicted molar refractivity (Wildman–Crippen MR) is 94.7 cm³/mol. The van der Waals surface area contributed by atoms with Gasteiger partial charge < -0.3 is 20.1 Å². The van der Waals surface area contributed by atoms with Gasteiger partial charge in [0.15, 0.2) is 0 Å². The van der Waals surface area contributed by atoms with E-state index in [0.29, 0.717) is 29.0 Å². The van der Waals surface area contributed by atoms with Crippen LogP contribution in [0.15, 0.2) is 18.2 Å². The SMILES string of the molecule is COc1ccc(OC)c(NC(=O)C(=O)NC(C)C2CC3CCC2C3)c1. The number of carbonyl (C=O) groups is 2. The maximum atomic E-state index is 12.3. The monoisotopic (exact) mass is 346 g/mol. The van der Waals surface area contributed by atoms with Crippen LogP contribution in [0.2, 0.25) is 0 Å². The molecule has 0 saturated heterocycles. The topological polar surface area (TPSA) is 76.7 Å². The lowest BCUT2D eigenvalue weighted by Gasteiger charge is -2.28. The van der Waals surface area contributed by atoms with Gasteiger partial charge in [-0.15, -0.1) is 0 Å². The maximum absolute atomic E-state index is 12.3. The highest BCUT2D eigenvalue weighted by Gasteiger charge is 2.42. The number of amides is 2. The van der Waals surface area contributed by atoms with E-state index in [0.717, 1.165) is 12.3 Å². The highest BCUT2D eigenvalue weighted by Crippen LogP contribution is 2.49. The Morgan fingerprint density at radius 2 is 1.92 bits per heavy atom. The van der Waals surface area contributed by atoms with E-state index in [-0.39, 0.29) is 6.04 Å². The molecule has 0 aromatic heterocycles. The van der Waals surface area contributed by atoms with Gasteiger partial charge in [0.05, 0.1) is 19.9 Å². The van der Waals surface area contributed by atoms with Crippen LogP contribution in [0.25, 0.3) is 0 Å². The van der Waals surface area contributed by atoms with Gasteiger partial charge in [0, 0.05) is 12.1 Å². The summed E-state index contributed by atoms with van der Waals surface area (Å²) < 4.78 is 10.4. The Labute approximate surface area is 148 Å². The van der Waals surface area contributed by atoms with Crippen LogP contribution in [0.1, 0.15) is 32.6 Å². The number of fused-ring (bicyclic) bond motifs is 2. The number of nitrogens with one attached hydrogen (secondary N) is 2. The second-order valence-corrected chi connectivity index (χ2v) is 7.12. The van der Waals surface area contributed by atoms with E-state index in [9.17, 15) is 9.59 Å². The molecular formula is C19H26N2O4. The predicted octanol–water partition coefficient (Wildman–Crippen LogP) is 2.58. The molecule has 6 heteroatoms. The van der Waals surface area contributed by atoms with Crippen molar-refractivity contribution in [2.45, 2.75) is 38.6 Å². The average molecular weight is 346 g/mol. The summed E-state index contributed by atoms with van der Waals surface area (Å²) in [6.45, 7) is 2.00. The Kier molecular flexibility index (Phi) is 5.16. The molecule has 0 aliphatic heterocycles. The smallest absolute Gasteiger partial charge is 0.313 e. The Bertz CT molecular complexity index is 661. The Balaban J connectivity index is 1.60. The first-order valence-electron chi connectivity index (χ1n) is 8.85. The normalized spacial score (nSPS) is 25.3. The average Bonchev–Trinajstić information content (AvgIpc) is 3.24. The van der Waals surface area contributed by atoms with Crippen LogP contribution in [-0.4, -0.2) is 32.1 Å². The van der Waals surface area contributed by atoms with Crippen molar-refractivity contribution in [2.24, 2.45) is 17.8 Å². The molecule has 2 aliphatic rings. The van der Waals surface area contributed by atoms with Crippen molar-refractivity contribution in [3.8, 4) is 11.5 Å². The zero-order valence-corrected chi connectivity index (χ0v) is 15.0. The second kappa shape index (κ2) is 7.33. The highest BCUT2D eigenvalue weighted by molar-refractivity contribution is 6.39. The molecule has 2 saturated carbocycles. The van der Waals surface area contributed by atoms with Gasteiger partial charge in [-0.2, -0.15) is 0 Å². The number of hydrogen-bond acceptors (Lipinski definition) is 4. The van der Waals surface area contributed by atoms with Crippen molar-refractivity contribution in [3.63, 3.8) is 0 Å². The molecule has 0 radical (unpaired) electrons. The van der Waals surface area contributed by atoms with Crippen LogP contribution < -0.4 is 20.1 Å². The number of carbonyl (C=O) groups excluding carboxylic acids is 2. The van der Waals surface area contributed by atoms with Gasteiger partial charge in [0.25, 0.3) is 0 Å². The molecule has 2 aliphatic carbocycles. The molecule has 25 heavy (non-hydrogen) atoms. The molecule has 4 unspecified atom stereocenters. The maximum Gasteiger partial charge on any atom is 0.313 e. The third kappa shape index (κ3) is 3.72. The molecule has 2 bridgehead atoms. The molecule has 0 heterocycles. The second-order valence-electron chi connectivity index (χ2n) is 7.12. The molecular weight excluding hydrogens is 320 g/mol. The van der Waals surface area contributed by atoms with E-state index < -0.39 is 11.8 Å². The van der Waals surface area contributed by atoms with Crippen LogP contribution in [0.5, 0.6) is 11.5 Å². The molecule has 4 atom stereocenters. The van der Waals surface area contributed by atoms with Crippen LogP contribution in [0, 0.1) is 17.8 Å². The quantitative estimate of drug-likeness (QED) is 0.804. The number of methoxy groups -OCH3 is 2. The Morgan fingerprint density at radius 3 is 2.52 bits per heavy atom. The molecule has 2 N–H and O–H groups in total. The summed E-state index contributed by atoms with van der Waals surface area (Å²) in [5.74, 6) is 1.74. The third-order valence-corrected chi connectivity index (χ3v) is 5.65. The number of rotatable bonds is 5. The third-order valence-electron chi connectivity index (χ3n) is 5.65. The molecule has 2 amide bonds. The summed E-state index contributed by atoms with van der Waals surface area (Å²) in [7, 11) is 3.05. The van der Waals surface area contributed by atoms with Crippen LogP contribution in [0.4, 0.5) is 5.69 Å². The molecule has 1 aromatic rings. The first-order valence-corrected chi connectivity index (χ1v) is 8.85. The lowest BCUT2D eigenvalue weighted by atomic mass is 9.84. The minimum atomic E-state index is -0.693. The van der Waals surface area contributed by atoms with E-state index in [4.69, 9.17) is 9.47 Å². The van der Waals surface area contributed by atoms with E-state index in [1.807, 2.05) is 6.92 Å². The van der Waals surface area contributed by atoms with E-state index >= 15 is 0 Å². The molecule has 3 rings (SSSR count). The fraction of sp³-hybridized carbons (Fsp3) is 0.579. The van der Waals surface area contributed by atoms with Gasteiger partial charge in [-0.1, -0.05) is 6.42 Å². The lowest BCUT2D eigenvalue weighted by Crippen LogP contribution is -2.45. The van der Waals surface area contributed by atoms with Crippen LogP contribution >= 0.6 is 0 Å². The molecule has 6 nitrogen and oxygen atoms in total. The zero-order chi connectivity index (χ0) is 18.0. The summed E-state index contributed by atoms with van der Waals surface area (Å²) in [4.78, 5) is 24.6. The van der Waals surface area contributed by atoms with Crippen molar-refractivity contribution in [1.82, 2.24) is 5.32 Å². The van der Waals surface area contributed by atoms with Gasteiger partial charge >= 0.3 is 11.8 Å². The van der Waals surface area contributed by atoms with Crippen molar-refractivity contribution in [1.29, 1.82) is 0 Å². The number of hydrogen-bond donors (Lipinski definition) is 2. The molecule has 136 valence electrons. The minimum Gasteiger partial charge on any atom is -0.497 e. The highest BCUT2D eigenvalue weighted by atomic mass is 16.5. The first-order chi connectivity index (χ1) is 12.0. The van der Waals surface area contributed by atoms with Crippen LogP contribution in [0.3, 0.4) is 0 Å². The molecule has 2 fully saturated rings. The van der Waals surface area contributed by atoms with Crippen molar-refractivity contribution in [2.75, 3.05) is 19.5 Å². The lowest BCUT2D eigenvalue weighted by molar-refractivity contribution is -0.136. The summed E-state index contributed by atoms with van der Waals surface area (Å²) in [5.41, 5.74) is 0.412. The number of anilines is 1. The number of ether oxygens (including phenoxy) is 2. The van der Waals surface area contributed by atoms with Crippen LogP contribution in [-0.2, 0) is 9.59 Å². The fourth-order valence-corrected chi connectivity index (χ4v) is 4.38. The van der Waals surface area contributed by atoms with Crippen molar-refractivity contribution < 1.29 is 19.1 Å². The van der Waals surface area contributed by atoms with E-state index in [1.54, 1.807) is 18.2 Å². The number of benzene rings is 1. The molecule has 1 aromatic carbocycles. The van der Waals surface area contributed by atoms with Gasteiger partial charge in [-0.3, -0.25) is 9.59 Å². The first kappa shape index (κ1) is 17.6. The largest absolute Gasteiger partial charge is 0.497 e. The van der Waals surface area contributed by atoms with Gasteiger partial charge in [-0.25, -0.2) is 0 Å². The standard InChI is InChI=1S/C19H26N2O4/c1-11(15-9-12-4-5-13(15)8-12)20-18(22)19(23)21-16-10-14(24-2)6-7-17(16)25-3/h6-7,10-13,15H,4-5,8-9H2,1-3H3,(H,20,22)(H,21,23). The fourth-order valence-electron chi connectivity index (χ4n) is 4.38. The van der Waals surface area contributed by atoms with Crippen molar-refractivity contribution >= 4 is 17.5 Å². The summed E-state index contributed by atoms with van der Waals surface area (Å²) in [6.07, 6.45) is 5.01. The van der Waals surface area contributed by atoms with E-state index in [1.165, 1.54) is 33.5 Å². The van der Waals surface area contributed by atoms with Gasteiger partial charge in [0.2, 0.25) is 0 Å². The summed E-state index contributed by atoms with van der Waals surface area (Å²) >= 11 is 0. The Hall–Kier alpha value is -2.24. The minimum absolute atomic E-state index is 0.0146. The van der Waals surface area contributed by atoms with E-state index in [2.05, 4.69) is 10.6 Å². The van der Waals surface area contributed by atoms with Crippen molar-refractivity contribution in [3.05, 3.63) is 18.2 Å². The zero-order valence-electron chi connectivity index (χ0n) is 15.0. The van der Waals surface area contributed by atoms with Gasteiger partial charge in [-0.05, 0) is 56.1 Å². The Morgan fingerprint density at radius 1 is 1.12 bits per heavy atom. The summed E-state index contributed by atoms with van der Waals surface area (Å²) in [5, 5.41) is 5.48. The molecule has 0 spiro atoms. The van der Waals surface area contributed by atoms with Gasteiger partial charge in [0.1, 0.15) is 11.5 Å². The summed E-state index contributed by atoms with van der Waals surface area (Å²) in [6, 6.07) is 5.06.